The number of nitrogens with zero attached hydrogens (tertiary/aromatic N) is 8. The Morgan fingerprint density at radius 1 is 0.300 bits per heavy atom. The van der Waals surface area contributed by atoms with Gasteiger partial charge in [-0.2, -0.15) is 0 Å². The molecule has 1 radical (unpaired) electrons. The fourth-order valence-electron chi connectivity index (χ4n) is 12.6. The Hall–Kier alpha value is -11.9. The first-order valence-electron chi connectivity index (χ1n) is 33.5. The molecule has 0 fully saturated rings. The lowest BCUT2D eigenvalue weighted by Gasteiger charge is -2.13. The maximum atomic E-state index is 8.89. The van der Waals surface area contributed by atoms with Crippen LogP contribution in [0.4, 0.5) is 0 Å². The van der Waals surface area contributed by atoms with Crippen molar-refractivity contribution >= 4 is 62.9 Å². The van der Waals surface area contributed by atoms with Crippen molar-refractivity contribution in [1.29, 1.82) is 0 Å². The standard InChI is InChI=1S/C44H34N4.C28H20BN2O2.C16H15ClN2/c1-28(2)38-25-29(3)45-43-37(38)23-21-33-22-24-39(46-42(33)43)36-16-10-15-35(26-36)30-17-19-32(20-18-30)41-27-40(31-11-6-4-7-12-31)47-44(48-41)34-13-8-5-9-14-34;32-29-33-25-13-7-12-24(18-25)20-14-16-22(17-15-20)27-19-26(21-8-3-1-4-9-21)30-28(31-27)23-10-5-2-6-11-23;1-9(2)13-8-10(3)18-16-12(13)6-4-11-5-7-14(17)19-15(11)16/h4-28H,1-3H3;1-19,32H;4-9H,1-3H3. The van der Waals surface area contributed by atoms with Gasteiger partial charge >= 0.3 is 7.69 Å². The minimum absolute atomic E-state index is 0.407. The Labute approximate surface area is 588 Å². The second kappa shape index (κ2) is 29.4. The van der Waals surface area contributed by atoms with Gasteiger partial charge in [-0.25, -0.2) is 29.9 Å². The van der Waals surface area contributed by atoms with Crippen LogP contribution in [0.5, 0.6) is 5.75 Å². The fourth-order valence-corrected chi connectivity index (χ4v) is 12.8. The number of hydrogen-bond acceptors (Lipinski definition) is 10. The average molecular weight is 1320 g/mol. The zero-order chi connectivity index (χ0) is 68.6. The van der Waals surface area contributed by atoms with E-state index < -0.39 is 0 Å². The van der Waals surface area contributed by atoms with Gasteiger partial charge in [-0.1, -0.05) is 270 Å². The Morgan fingerprint density at radius 3 is 1.12 bits per heavy atom. The van der Waals surface area contributed by atoms with Crippen molar-refractivity contribution in [2.75, 3.05) is 0 Å². The average Bonchev–Trinajstić information content (AvgIpc) is 0.765. The summed E-state index contributed by atoms with van der Waals surface area (Å²) in [4.78, 5) is 38.9. The molecular weight excluding hydrogens is 1250 g/mol. The van der Waals surface area contributed by atoms with Gasteiger partial charge in [0.2, 0.25) is 0 Å². The fraction of sp³-hybridized carbons (Fsp3) is 0.0909. The molecule has 0 aliphatic rings. The van der Waals surface area contributed by atoms with Gasteiger partial charge in [0.15, 0.2) is 11.6 Å². The summed E-state index contributed by atoms with van der Waals surface area (Å²) in [6.07, 6.45) is 0. The van der Waals surface area contributed by atoms with E-state index >= 15 is 0 Å². The quantitative estimate of drug-likeness (QED) is 0.0676. The number of halogens is 1. The molecule has 10 aromatic carbocycles. The second-order valence-electron chi connectivity index (χ2n) is 25.3. The van der Waals surface area contributed by atoms with Crippen LogP contribution >= 0.6 is 11.6 Å². The van der Waals surface area contributed by atoms with E-state index in [4.69, 9.17) is 51.2 Å². The summed E-state index contributed by atoms with van der Waals surface area (Å²) in [7, 11) is 0.686. The van der Waals surface area contributed by atoms with Crippen LogP contribution in [0, 0.1) is 13.8 Å². The lowest BCUT2D eigenvalue weighted by molar-refractivity contribution is 0.454. The first-order chi connectivity index (χ1) is 48.9. The molecule has 0 amide bonds. The van der Waals surface area contributed by atoms with E-state index in [-0.39, 0.29) is 0 Å². The molecule has 100 heavy (non-hydrogen) atoms. The number of fused-ring (bicyclic) bond motifs is 6. The summed E-state index contributed by atoms with van der Waals surface area (Å²) < 4.78 is 5.09. The predicted octanol–water partition coefficient (Wildman–Crippen LogP) is 22.3. The van der Waals surface area contributed by atoms with Crippen LogP contribution in [-0.2, 0) is 0 Å². The first kappa shape index (κ1) is 65.4. The van der Waals surface area contributed by atoms with Crippen LogP contribution in [0.2, 0.25) is 5.15 Å². The maximum absolute atomic E-state index is 8.89. The normalized spacial score (nSPS) is 11.2. The van der Waals surface area contributed by atoms with Crippen LogP contribution in [0.3, 0.4) is 0 Å². The lowest BCUT2D eigenvalue weighted by Crippen LogP contribution is -1.99. The molecular formula is C88H69BClN8O2. The van der Waals surface area contributed by atoms with E-state index in [0.29, 0.717) is 42.1 Å². The van der Waals surface area contributed by atoms with Gasteiger partial charge in [0.1, 0.15) is 10.9 Å². The van der Waals surface area contributed by atoms with E-state index in [1.165, 1.54) is 21.9 Å². The molecule has 16 rings (SSSR count). The molecule has 483 valence electrons. The molecule has 16 aromatic rings. The van der Waals surface area contributed by atoms with Crippen molar-refractivity contribution in [3.63, 3.8) is 0 Å². The highest BCUT2D eigenvalue weighted by atomic mass is 35.5. The van der Waals surface area contributed by atoms with E-state index in [1.54, 1.807) is 6.07 Å². The minimum atomic E-state index is 0.407. The highest BCUT2D eigenvalue weighted by molar-refractivity contribution is 6.30. The third-order valence-corrected chi connectivity index (χ3v) is 17.9. The van der Waals surface area contributed by atoms with Crippen molar-refractivity contribution in [2.45, 2.75) is 53.4 Å². The summed E-state index contributed by atoms with van der Waals surface area (Å²) in [6.45, 7) is 13.0. The largest absolute Gasteiger partial charge is 0.569 e. The van der Waals surface area contributed by atoms with Crippen molar-refractivity contribution in [2.24, 2.45) is 0 Å². The number of hydrogen-bond donors (Lipinski definition) is 1. The smallest absolute Gasteiger partial charge is 0.537 e. The lowest BCUT2D eigenvalue weighted by atomic mass is 9.96. The van der Waals surface area contributed by atoms with Gasteiger partial charge in [0.25, 0.3) is 0 Å². The van der Waals surface area contributed by atoms with E-state index in [0.717, 1.165) is 134 Å². The SMILES string of the molecule is Cc1cc(C(C)C)c2ccc3ccc(-c4cccc(-c5ccc(-c6cc(-c7ccccc7)nc(-c7ccccc7)n6)cc5)c4)nc3c2n1.Cc1cc(C(C)C)c2ccc3ccc(Cl)nc3c2n1.O[B]Oc1cccc(-c2ccc(-c3cc(-c4ccccc4)nc(-c4ccccc4)n3)cc2)c1. The molecule has 0 aliphatic carbocycles. The van der Waals surface area contributed by atoms with Gasteiger partial charge in [-0.15, -0.1) is 0 Å². The van der Waals surface area contributed by atoms with E-state index in [9.17, 15) is 0 Å². The van der Waals surface area contributed by atoms with Crippen LogP contribution < -0.4 is 4.65 Å². The third-order valence-electron chi connectivity index (χ3n) is 17.7. The first-order valence-corrected chi connectivity index (χ1v) is 33.9. The predicted molar refractivity (Wildman–Crippen MR) is 412 cm³/mol. The molecule has 0 atom stereocenters. The topological polar surface area (TPSA) is 133 Å². The zero-order valence-electron chi connectivity index (χ0n) is 56.3. The number of aryl methyl sites for hydroxylation is 2. The van der Waals surface area contributed by atoms with E-state index in [2.05, 4.69) is 208 Å². The zero-order valence-corrected chi connectivity index (χ0v) is 57.0. The molecule has 0 spiro atoms. The van der Waals surface area contributed by atoms with Crippen LogP contribution in [0.15, 0.2) is 291 Å². The second-order valence-corrected chi connectivity index (χ2v) is 25.7. The van der Waals surface area contributed by atoms with Gasteiger partial charge in [-0.05, 0) is 120 Å². The molecule has 6 heterocycles. The Bertz CT molecular complexity index is 5480. The van der Waals surface area contributed by atoms with Crippen LogP contribution in [-0.4, -0.2) is 52.6 Å². The number of rotatable bonds is 13. The van der Waals surface area contributed by atoms with Gasteiger partial charge in [-0.3, -0.25) is 9.97 Å². The van der Waals surface area contributed by atoms with Crippen molar-refractivity contribution < 1.29 is 9.68 Å². The molecule has 0 aliphatic heterocycles. The highest BCUT2D eigenvalue weighted by Gasteiger charge is 2.17. The molecule has 0 bridgehead atoms. The van der Waals surface area contributed by atoms with Crippen LogP contribution in [0.1, 0.15) is 62.0 Å². The van der Waals surface area contributed by atoms with Gasteiger partial charge in [0.05, 0.1) is 50.5 Å². The molecule has 6 aromatic heterocycles. The number of benzene rings is 10. The Kier molecular flexibility index (Phi) is 19.3. The summed E-state index contributed by atoms with van der Waals surface area (Å²) in [5, 5.41) is 13.9. The van der Waals surface area contributed by atoms with E-state index in [1.807, 2.05) is 128 Å². The highest BCUT2D eigenvalue weighted by Crippen LogP contribution is 2.37. The van der Waals surface area contributed by atoms with Gasteiger partial charge < -0.3 is 9.68 Å². The Morgan fingerprint density at radius 2 is 0.670 bits per heavy atom. The molecule has 10 nitrogen and oxygen atoms in total. The monoisotopic (exact) mass is 1320 g/mol. The molecule has 1 N–H and O–H groups in total. The van der Waals surface area contributed by atoms with Crippen molar-refractivity contribution in [3.05, 3.63) is 319 Å². The molecule has 12 heteroatoms. The molecule has 0 saturated carbocycles. The molecule has 0 saturated heterocycles. The minimum Gasteiger partial charge on any atom is -0.537 e. The van der Waals surface area contributed by atoms with Crippen molar-refractivity contribution in [1.82, 2.24) is 39.9 Å². The number of pyridine rings is 4. The number of aromatic nitrogens is 8. The summed E-state index contributed by atoms with van der Waals surface area (Å²) in [5.41, 5.74) is 24.4. The summed E-state index contributed by atoms with van der Waals surface area (Å²) >= 11 is 6.02. The van der Waals surface area contributed by atoms with Gasteiger partial charge in [0, 0.05) is 71.9 Å². The summed E-state index contributed by atoms with van der Waals surface area (Å²) in [6, 6.07) is 98.8. The van der Waals surface area contributed by atoms with Crippen molar-refractivity contribution in [3.8, 4) is 107 Å². The maximum Gasteiger partial charge on any atom is 0.569 e. The Balaban J connectivity index is 0.000000141. The van der Waals surface area contributed by atoms with Crippen LogP contribution in [0.25, 0.3) is 145 Å². The third kappa shape index (κ3) is 14.5. The molecule has 0 unspecified atom stereocenters. The summed E-state index contributed by atoms with van der Waals surface area (Å²) in [5.74, 6) is 2.85.